The van der Waals surface area contributed by atoms with Crippen LogP contribution in [-0.4, -0.2) is 38.6 Å². The molecule has 0 heterocycles. The molecule has 0 aliphatic rings. The van der Waals surface area contributed by atoms with Crippen molar-refractivity contribution in [3.05, 3.63) is 11.8 Å². The number of aliphatic hydroxyl groups is 3. The third-order valence-corrected chi connectivity index (χ3v) is 1.04. The average Bonchev–Trinajstić information content (AvgIpc) is 1.87. The predicted molar refractivity (Wildman–Crippen MR) is 36.0 cm³/mol. The molecule has 0 amide bonds. The van der Waals surface area contributed by atoms with Crippen LogP contribution in [0.4, 0.5) is 0 Å². The van der Waals surface area contributed by atoms with Gasteiger partial charge in [0.25, 0.3) is 0 Å². The number of carboxylic acids is 1. The quantitative estimate of drug-likeness (QED) is 0.323. The van der Waals surface area contributed by atoms with Crippen molar-refractivity contribution in [2.24, 2.45) is 0 Å². The normalized spacial score (nSPS) is 17.5. The van der Waals surface area contributed by atoms with E-state index < -0.39 is 23.9 Å². The average molecular weight is 162 g/mol. The van der Waals surface area contributed by atoms with Gasteiger partial charge in [0, 0.05) is 0 Å². The van der Waals surface area contributed by atoms with Gasteiger partial charge < -0.3 is 20.4 Å². The Labute approximate surface area is 63.2 Å². The summed E-state index contributed by atoms with van der Waals surface area (Å²) in [5, 5.41) is 34.1. The second kappa shape index (κ2) is 3.95. The molecule has 0 rings (SSSR count). The summed E-state index contributed by atoms with van der Waals surface area (Å²) in [7, 11) is 0. The number of hydrogen-bond acceptors (Lipinski definition) is 4. The molecule has 0 aromatic rings. The van der Waals surface area contributed by atoms with Gasteiger partial charge in [-0.05, 0) is 13.0 Å². The topological polar surface area (TPSA) is 98.0 Å². The van der Waals surface area contributed by atoms with Crippen molar-refractivity contribution in [1.82, 2.24) is 0 Å². The van der Waals surface area contributed by atoms with Crippen LogP contribution in [0.1, 0.15) is 6.92 Å². The highest BCUT2D eigenvalue weighted by molar-refractivity contribution is 5.83. The lowest BCUT2D eigenvalue weighted by molar-refractivity contribution is -0.135. The Balaban J connectivity index is 4.19. The molecule has 0 fully saturated rings. The van der Waals surface area contributed by atoms with Gasteiger partial charge in [-0.1, -0.05) is 0 Å². The Morgan fingerprint density at radius 3 is 2.09 bits per heavy atom. The summed E-state index contributed by atoms with van der Waals surface area (Å²) in [6.45, 7) is 1.27. The number of hydrogen-bond donors (Lipinski definition) is 4. The summed E-state index contributed by atoms with van der Waals surface area (Å²) < 4.78 is 0. The van der Waals surface area contributed by atoms with E-state index in [0.29, 0.717) is 6.08 Å². The zero-order valence-electron chi connectivity index (χ0n) is 5.93. The van der Waals surface area contributed by atoms with Crippen LogP contribution in [0.15, 0.2) is 11.8 Å². The van der Waals surface area contributed by atoms with E-state index in [9.17, 15) is 4.79 Å². The molecule has 0 aromatic heterocycles. The molecule has 0 radical (unpaired) electrons. The Kier molecular flexibility index (Phi) is 3.56. The molecule has 0 saturated heterocycles. The lowest BCUT2D eigenvalue weighted by Crippen LogP contribution is -2.21. The van der Waals surface area contributed by atoms with E-state index >= 15 is 0 Å². The molecular formula is C6H10O5. The maximum absolute atomic E-state index is 9.95. The molecule has 0 saturated carbocycles. The van der Waals surface area contributed by atoms with E-state index in [1.54, 1.807) is 0 Å². The lowest BCUT2D eigenvalue weighted by Gasteiger charge is -2.07. The maximum atomic E-state index is 9.95. The largest absolute Gasteiger partial charge is 0.502 e. The van der Waals surface area contributed by atoms with Gasteiger partial charge in [-0.25, -0.2) is 4.79 Å². The molecule has 0 bridgehead atoms. The molecule has 64 valence electrons. The summed E-state index contributed by atoms with van der Waals surface area (Å²) in [6.07, 6.45) is -1.80. The van der Waals surface area contributed by atoms with Crippen molar-refractivity contribution < 1.29 is 25.2 Å². The lowest BCUT2D eigenvalue weighted by atomic mass is 10.2. The predicted octanol–water partition coefficient (Wildman–Crippen LogP) is -0.745. The molecule has 2 unspecified atom stereocenters. The van der Waals surface area contributed by atoms with Gasteiger partial charge in [0.15, 0.2) is 5.76 Å². The monoisotopic (exact) mass is 162 g/mol. The van der Waals surface area contributed by atoms with Crippen molar-refractivity contribution in [1.29, 1.82) is 0 Å². The van der Waals surface area contributed by atoms with E-state index in [4.69, 9.17) is 20.4 Å². The molecule has 11 heavy (non-hydrogen) atoms. The first-order valence-corrected chi connectivity index (χ1v) is 2.95. The second-order valence-corrected chi connectivity index (χ2v) is 2.09. The van der Waals surface area contributed by atoms with Crippen molar-refractivity contribution in [3.8, 4) is 0 Å². The highest BCUT2D eigenvalue weighted by Crippen LogP contribution is 1.97. The molecule has 0 aromatic carbocycles. The first-order valence-electron chi connectivity index (χ1n) is 2.95. The number of carboxylic acid groups (broad SMARTS) is 1. The Morgan fingerprint density at radius 1 is 1.36 bits per heavy atom. The first kappa shape index (κ1) is 9.93. The van der Waals surface area contributed by atoms with Crippen LogP contribution >= 0.6 is 0 Å². The van der Waals surface area contributed by atoms with E-state index in [-0.39, 0.29) is 0 Å². The smallest absolute Gasteiger partial charge is 0.370 e. The Bertz CT molecular complexity index is 172. The molecule has 0 spiro atoms. The van der Waals surface area contributed by atoms with E-state index in [1.807, 2.05) is 0 Å². The fourth-order valence-corrected chi connectivity index (χ4v) is 0.372. The van der Waals surface area contributed by atoms with Gasteiger partial charge in [-0.2, -0.15) is 0 Å². The highest BCUT2D eigenvalue weighted by atomic mass is 16.4. The number of carbonyl (C=O) groups is 1. The van der Waals surface area contributed by atoms with E-state index in [0.717, 1.165) is 0 Å². The zero-order chi connectivity index (χ0) is 9.02. The maximum Gasteiger partial charge on any atom is 0.370 e. The van der Waals surface area contributed by atoms with Gasteiger partial charge in [-0.3, -0.25) is 0 Å². The summed E-state index contributed by atoms with van der Waals surface area (Å²) >= 11 is 0. The second-order valence-electron chi connectivity index (χ2n) is 2.09. The first-order chi connectivity index (χ1) is 4.95. The third-order valence-electron chi connectivity index (χ3n) is 1.04. The molecule has 0 aliphatic carbocycles. The van der Waals surface area contributed by atoms with Crippen LogP contribution in [0, 0.1) is 0 Å². The number of aliphatic hydroxyl groups excluding tert-OH is 3. The van der Waals surface area contributed by atoms with Crippen molar-refractivity contribution in [3.63, 3.8) is 0 Å². The molecule has 4 N–H and O–H groups in total. The van der Waals surface area contributed by atoms with Gasteiger partial charge in [-0.15, -0.1) is 0 Å². The molecule has 5 nitrogen and oxygen atoms in total. The van der Waals surface area contributed by atoms with E-state index in [2.05, 4.69) is 0 Å². The minimum atomic E-state index is -1.54. The molecular weight excluding hydrogens is 152 g/mol. The van der Waals surface area contributed by atoms with E-state index in [1.165, 1.54) is 6.92 Å². The SMILES string of the molecule is CC(O)C(O)C=C(O)C(=O)O. The van der Waals surface area contributed by atoms with Crippen LogP contribution in [-0.2, 0) is 4.79 Å². The van der Waals surface area contributed by atoms with Gasteiger partial charge >= 0.3 is 5.97 Å². The summed E-state index contributed by atoms with van der Waals surface area (Å²) in [6, 6.07) is 0. The van der Waals surface area contributed by atoms with Gasteiger partial charge in [0.1, 0.15) is 6.10 Å². The van der Waals surface area contributed by atoms with Gasteiger partial charge in [0.2, 0.25) is 0 Å². The summed E-state index contributed by atoms with van der Waals surface area (Å²) in [4.78, 5) is 9.95. The molecule has 0 aliphatic heterocycles. The van der Waals surface area contributed by atoms with Crippen LogP contribution < -0.4 is 0 Å². The molecule has 5 heteroatoms. The highest BCUT2D eigenvalue weighted by Gasteiger charge is 2.11. The summed E-state index contributed by atoms with van der Waals surface area (Å²) in [5.74, 6) is -2.51. The fourth-order valence-electron chi connectivity index (χ4n) is 0.372. The summed E-state index contributed by atoms with van der Waals surface area (Å²) in [5.41, 5.74) is 0. The van der Waals surface area contributed by atoms with Crippen LogP contribution in [0.5, 0.6) is 0 Å². The van der Waals surface area contributed by atoms with Crippen LogP contribution in [0.3, 0.4) is 0 Å². The Morgan fingerprint density at radius 2 is 1.82 bits per heavy atom. The molecule has 2 atom stereocenters. The van der Waals surface area contributed by atoms with Gasteiger partial charge in [0.05, 0.1) is 6.10 Å². The minimum absolute atomic E-state index is 0.660. The fraction of sp³-hybridized carbons (Fsp3) is 0.500. The number of aliphatic carboxylic acids is 1. The minimum Gasteiger partial charge on any atom is -0.502 e. The van der Waals surface area contributed by atoms with Crippen molar-refractivity contribution in [2.75, 3.05) is 0 Å². The van der Waals surface area contributed by atoms with Crippen LogP contribution in [0.25, 0.3) is 0 Å². The zero-order valence-corrected chi connectivity index (χ0v) is 5.93. The Hall–Kier alpha value is -1.07. The number of rotatable bonds is 3. The van der Waals surface area contributed by atoms with Crippen LogP contribution in [0.2, 0.25) is 0 Å². The third kappa shape index (κ3) is 3.59. The van der Waals surface area contributed by atoms with Crippen molar-refractivity contribution >= 4 is 5.97 Å². The standard InChI is InChI=1S/C6H10O5/c1-3(7)4(8)2-5(9)6(10)11/h2-4,7-9H,1H3,(H,10,11). The van der Waals surface area contributed by atoms with Crippen molar-refractivity contribution in [2.45, 2.75) is 19.1 Å².